The van der Waals surface area contributed by atoms with Crippen molar-refractivity contribution < 1.29 is 9.53 Å². The van der Waals surface area contributed by atoms with Crippen molar-refractivity contribution in [1.29, 1.82) is 0 Å². The van der Waals surface area contributed by atoms with Gasteiger partial charge in [-0.2, -0.15) is 5.10 Å². The normalized spacial score (nSPS) is 14.9. The Balaban J connectivity index is 1.50. The molecule has 0 aliphatic heterocycles. The van der Waals surface area contributed by atoms with E-state index in [0.717, 1.165) is 35.3 Å². The van der Waals surface area contributed by atoms with Gasteiger partial charge in [0.2, 0.25) is 0 Å². The number of H-pyrrole nitrogens is 1. The highest BCUT2D eigenvalue weighted by molar-refractivity contribution is 5.91. The number of esters is 1. The molecule has 2 N–H and O–H groups in total. The van der Waals surface area contributed by atoms with Gasteiger partial charge in [0.1, 0.15) is 5.82 Å². The molecule has 2 aromatic heterocycles. The maximum Gasteiger partial charge on any atom is 0.337 e. The first-order chi connectivity index (χ1) is 13.7. The number of nitrogens with one attached hydrogen (secondary N) is 2. The van der Waals surface area contributed by atoms with Crippen molar-refractivity contribution >= 4 is 22.7 Å². The molecule has 6 nitrogen and oxygen atoms in total. The lowest BCUT2D eigenvalue weighted by Crippen LogP contribution is -2.23. The Morgan fingerprint density at radius 2 is 1.93 bits per heavy atom. The largest absolute Gasteiger partial charge is 0.465 e. The number of hydrogen-bond acceptors (Lipinski definition) is 5. The molecule has 6 heteroatoms. The first-order valence-corrected chi connectivity index (χ1v) is 10.0. The molecule has 0 radical (unpaired) electrons. The Morgan fingerprint density at radius 1 is 1.14 bits per heavy atom. The molecule has 1 saturated carbocycles. The number of anilines is 1. The van der Waals surface area contributed by atoms with Gasteiger partial charge in [0, 0.05) is 17.9 Å². The smallest absolute Gasteiger partial charge is 0.337 e. The number of carbonyl (C=O) groups excluding carboxylic acids is 1. The van der Waals surface area contributed by atoms with Crippen LogP contribution in [0.15, 0.2) is 36.5 Å². The van der Waals surface area contributed by atoms with Crippen LogP contribution in [0.2, 0.25) is 0 Å². The van der Waals surface area contributed by atoms with Gasteiger partial charge in [0.25, 0.3) is 0 Å². The molecule has 4 rings (SSSR count). The topological polar surface area (TPSA) is 79.9 Å². The van der Waals surface area contributed by atoms with E-state index in [1.54, 1.807) is 0 Å². The minimum atomic E-state index is -0.310. The van der Waals surface area contributed by atoms with Gasteiger partial charge in [-0.25, -0.2) is 9.78 Å². The van der Waals surface area contributed by atoms with Crippen LogP contribution >= 0.6 is 0 Å². The van der Waals surface area contributed by atoms with Crippen LogP contribution < -0.4 is 5.32 Å². The Morgan fingerprint density at radius 3 is 2.68 bits per heavy atom. The van der Waals surface area contributed by atoms with Gasteiger partial charge < -0.3 is 10.1 Å². The van der Waals surface area contributed by atoms with E-state index < -0.39 is 0 Å². The molecular formula is C22H26N4O2. The summed E-state index contributed by atoms with van der Waals surface area (Å²) < 4.78 is 4.75. The highest BCUT2D eigenvalue weighted by Gasteiger charge is 2.17. The summed E-state index contributed by atoms with van der Waals surface area (Å²) in [6.45, 7) is 0. The van der Waals surface area contributed by atoms with E-state index in [2.05, 4.69) is 20.5 Å². The second-order valence-electron chi connectivity index (χ2n) is 7.42. The zero-order valence-corrected chi connectivity index (χ0v) is 16.2. The molecule has 1 fully saturated rings. The molecule has 0 atom stereocenters. The molecular weight excluding hydrogens is 352 g/mol. The van der Waals surface area contributed by atoms with E-state index >= 15 is 0 Å². The molecule has 1 aliphatic rings. The molecule has 0 spiro atoms. The van der Waals surface area contributed by atoms with Crippen molar-refractivity contribution in [2.75, 3.05) is 12.4 Å². The van der Waals surface area contributed by atoms with Crippen molar-refractivity contribution in [3.8, 4) is 0 Å². The van der Waals surface area contributed by atoms with Crippen molar-refractivity contribution in [3.05, 3.63) is 53.3 Å². The van der Waals surface area contributed by atoms with E-state index in [4.69, 9.17) is 4.74 Å². The number of pyridine rings is 1. The third-order valence-electron chi connectivity index (χ3n) is 5.53. The Bertz CT molecular complexity index is 943. The summed E-state index contributed by atoms with van der Waals surface area (Å²) >= 11 is 0. The van der Waals surface area contributed by atoms with E-state index in [-0.39, 0.29) is 5.97 Å². The summed E-state index contributed by atoms with van der Waals surface area (Å²) in [5.74, 6) is 0.629. The van der Waals surface area contributed by atoms with Gasteiger partial charge >= 0.3 is 5.97 Å². The molecule has 0 bridgehead atoms. The van der Waals surface area contributed by atoms with Gasteiger partial charge in [-0.05, 0) is 49.4 Å². The number of benzene rings is 1. The Labute approximate surface area is 164 Å². The fourth-order valence-corrected chi connectivity index (χ4v) is 3.95. The van der Waals surface area contributed by atoms with Gasteiger partial charge in [-0.15, -0.1) is 0 Å². The van der Waals surface area contributed by atoms with Crippen LogP contribution in [-0.4, -0.2) is 34.3 Å². The molecule has 28 heavy (non-hydrogen) atoms. The number of hydrogen-bond donors (Lipinski definition) is 2. The van der Waals surface area contributed by atoms with Crippen LogP contribution in [0.25, 0.3) is 10.9 Å². The molecule has 0 unspecified atom stereocenters. The number of fused-ring (bicyclic) bond motifs is 1. The lowest BCUT2D eigenvalue weighted by atomic mass is 9.95. The van der Waals surface area contributed by atoms with Crippen molar-refractivity contribution in [1.82, 2.24) is 15.2 Å². The lowest BCUT2D eigenvalue weighted by molar-refractivity contribution is 0.0600. The number of nitrogens with zero attached hydrogens (tertiary/aromatic N) is 2. The SMILES string of the molecule is COC(=O)c1ccc(CCc2[nH]nc3ccnc(NC4CCCCC4)c23)cc1. The molecule has 146 valence electrons. The first-order valence-electron chi connectivity index (χ1n) is 10.0. The summed E-state index contributed by atoms with van der Waals surface area (Å²) in [5, 5.41) is 12.4. The molecule has 0 amide bonds. The first kappa shape index (κ1) is 18.5. The molecule has 1 aliphatic carbocycles. The number of ether oxygens (including phenoxy) is 1. The number of aromatic nitrogens is 3. The van der Waals surface area contributed by atoms with Crippen LogP contribution in [0.1, 0.15) is 53.7 Å². The predicted octanol–water partition coefficient (Wildman–Crippen LogP) is 4.27. The number of methoxy groups -OCH3 is 1. The fourth-order valence-electron chi connectivity index (χ4n) is 3.95. The fraction of sp³-hybridized carbons (Fsp3) is 0.409. The van der Waals surface area contributed by atoms with Crippen molar-refractivity contribution in [2.24, 2.45) is 0 Å². The highest BCUT2D eigenvalue weighted by Crippen LogP contribution is 2.27. The van der Waals surface area contributed by atoms with Crippen LogP contribution in [0.3, 0.4) is 0 Å². The summed E-state index contributed by atoms with van der Waals surface area (Å²) in [5.41, 5.74) is 3.78. The summed E-state index contributed by atoms with van der Waals surface area (Å²) in [4.78, 5) is 16.2. The monoisotopic (exact) mass is 378 g/mol. The van der Waals surface area contributed by atoms with Gasteiger partial charge in [-0.3, -0.25) is 5.10 Å². The average Bonchev–Trinajstić information content (AvgIpc) is 3.17. The average molecular weight is 378 g/mol. The Hall–Kier alpha value is -2.89. The number of rotatable bonds is 6. The molecule has 3 aromatic rings. The molecule has 0 saturated heterocycles. The maximum absolute atomic E-state index is 11.6. The quantitative estimate of drug-likeness (QED) is 0.626. The number of aromatic amines is 1. The lowest BCUT2D eigenvalue weighted by Gasteiger charge is -2.23. The summed E-state index contributed by atoms with van der Waals surface area (Å²) in [7, 11) is 1.40. The zero-order chi connectivity index (χ0) is 19.3. The van der Waals surface area contributed by atoms with Crippen molar-refractivity contribution in [2.45, 2.75) is 51.0 Å². The predicted molar refractivity (Wildman–Crippen MR) is 110 cm³/mol. The second-order valence-corrected chi connectivity index (χ2v) is 7.42. The van der Waals surface area contributed by atoms with E-state index in [1.165, 1.54) is 44.8 Å². The minimum absolute atomic E-state index is 0.310. The van der Waals surface area contributed by atoms with Crippen LogP contribution in [-0.2, 0) is 17.6 Å². The maximum atomic E-state index is 11.6. The standard InChI is InChI=1S/C22H26N4O2/c1-28-22(27)16-10-7-15(8-11-16)9-12-18-20-19(26-25-18)13-14-23-21(20)24-17-5-3-2-4-6-17/h7-8,10-11,13-14,17H,2-6,9,12H2,1H3,(H,23,24)(H,25,26). The summed E-state index contributed by atoms with van der Waals surface area (Å²) in [6, 6.07) is 10.0. The van der Waals surface area contributed by atoms with E-state index in [1.807, 2.05) is 36.5 Å². The third kappa shape index (κ3) is 4.01. The van der Waals surface area contributed by atoms with Gasteiger partial charge in [-0.1, -0.05) is 31.4 Å². The van der Waals surface area contributed by atoms with Crippen LogP contribution in [0, 0.1) is 0 Å². The van der Waals surface area contributed by atoms with Crippen LogP contribution in [0.4, 0.5) is 5.82 Å². The highest BCUT2D eigenvalue weighted by atomic mass is 16.5. The summed E-state index contributed by atoms with van der Waals surface area (Å²) in [6.07, 6.45) is 9.83. The van der Waals surface area contributed by atoms with E-state index in [9.17, 15) is 4.79 Å². The Kier molecular flexibility index (Phi) is 5.55. The van der Waals surface area contributed by atoms with Crippen molar-refractivity contribution in [3.63, 3.8) is 0 Å². The zero-order valence-electron chi connectivity index (χ0n) is 16.2. The van der Waals surface area contributed by atoms with Crippen LogP contribution in [0.5, 0.6) is 0 Å². The number of carbonyl (C=O) groups is 1. The second kappa shape index (κ2) is 8.42. The van der Waals surface area contributed by atoms with Gasteiger partial charge in [0.15, 0.2) is 0 Å². The minimum Gasteiger partial charge on any atom is -0.465 e. The van der Waals surface area contributed by atoms with Gasteiger partial charge in [0.05, 0.1) is 23.6 Å². The molecule has 1 aromatic carbocycles. The third-order valence-corrected chi connectivity index (χ3v) is 5.53. The molecule has 2 heterocycles. The number of aryl methyl sites for hydroxylation is 2. The van der Waals surface area contributed by atoms with E-state index in [0.29, 0.717) is 11.6 Å².